The number of nitrogens with zero attached hydrogens (tertiary/aromatic N) is 1. The van der Waals surface area contributed by atoms with E-state index in [2.05, 4.69) is 22.4 Å². The van der Waals surface area contributed by atoms with Gasteiger partial charge in [-0.15, -0.1) is 0 Å². The number of H-pyrrole nitrogens is 1. The number of hydrogen-bond donors (Lipinski definition) is 2. The van der Waals surface area contributed by atoms with E-state index in [4.69, 9.17) is 0 Å². The molecule has 0 saturated heterocycles. The van der Waals surface area contributed by atoms with Crippen LogP contribution in [0.3, 0.4) is 0 Å². The van der Waals surface area contributed by atoms with Gasteiger partial charge in [-0.2, -0.15) is 5.10 Å². The van der Waals surface area contributed by atoms with Crippen LogP contribution in [0.1, 0.15) is 107 Å². The highest BCUT2D eigenvalue weighted by molar-refractivity contribution is 5.91. The van der Waals surface area contributed by atoms with Gasteiger partial charge in [-0.1, -0.05) is 90.4 Å². The second-order valence-corrected chi connectivity index (χ2v) is 6.82. The maximum Gasteiger partial charge on any atom is 0.269 e. The molecule has 1 aromatic heterocycles. The summed E-state index contributed by atoms with van der Waals surface area (Å²) in [5.74, 6) is -0.0535. The molecule has 0 aliphatic heterocycles. The Hall–Kier alpha value is -1.32. The van der Waals surface area contributed by atoms with Gasteiger partial charge in [-0.3, -0.25) is 9.89 Å². The van der Waals surface area contributed by atoms with E-state index < -0.39 is 0 Å². The zero-order chi connectivity index (χ0) is 17.3. The molecule has 0 aliphatic carbocycles. The van der Waals surface area contributed by atoms with E-state index in [9.17, 15) is 4.79 Å². The Morgan fingerprint density at radius 2 is 1.38 bits per heavy atom. The van der Waals surface area contributed by atoms with Gasteiger partial charge in [0, 0.05) is 12.7 Å². The molecule has 0 fully saturated rings. The molecule has 0 aliphatic rings. The second-order valence-electron chi connectivity index (χ2n) is 6.82. The monoisotopic (exact) mass is 335 g/mol. The Balaban J connectivity index is 1.74. The van der Waals surface area contributed by atoms with Crippen LogP contribution in [0.2, 0.25) is 0 Å². The van der Waals surface area contributed by atoms with Crippen molar-refractivity contribution in [3.8, 4) is 0 Å². The van der Waals surface area contributed by atoms with Crippen LogP contribution >= 0.6 is 0 Å². The number of carbonyl (C=O) groups is 1. The van der Waals surface area contributed by atoms with Gasteiger partial charge in [-0.05, 0) is 12.5 Å². The molecule has 0 bridgehead atoms. The first-order valence-corrected chi connectivity index (χ1v) is 10.1. The van der Waals surface area contributed by atoms with Crippen molar-refractivity contribution in [1.82, 2.24) is 15.5 Å². The van der Waals surface area contributed by atoms with Gasteiger partial charge in [0.2, 0.25) is 0 Å². The highest BCUT2D eigenvalue weighted by Crippen LogP contribution is 2.12. The zero-order valence-corrected chi connectivity index (χ0v) is 15.6. The molecule has 1 amide bonds. The third-order valence-corrected chi connectivity index (χ3v) is 4.56. The minimum absolute atomic E-state index is 0.0535. The molecule has 4 nitrogen and oxygen atoms in total. The van der Waals surface area contributed by atoms with Crippen molar-refractivity contribution in [2.75, 3.05) is 6.54 Å². The van der Waals surface area contributed by atoms with Crippen LogP contribution < -0.4 is 5.32 Å². The molecule has 2 N–H and O–H groups in total. The molecule has 1 heterocycles. The van der Waals surface area contributed by atoms with Gasteiger partial charge < -0.3 is 5.32 Å². The Bertz CT molecular complexity index is 390. The third kappa shape index (κ3) is 11.3. The largest absolute Gasteiger partial charge is 0.351 e. The SMILES string of the molecule is CCCCCCCCCCCCCCCCNC(=O)c1ccn[nH]1. The Labute approximate surface area is 148 Å². The lowest BCUT2D eigenvalue weighted by Crippen LogP contribution is -2.24. The average Bonchev–Trinajstić information content (AvgIpc) is 3.13. The van der Waals surface area contributed by atoms with Crippen LogP contribution in [-0.4, -0.2) is 22.6 Å². The smallest absolute Gasteiger partial charge is 0.269 e. The maximum absolute atomic E-state index is 11.7. The van der Waals surface area contributed by atoms with Crippen molar-refractivity contribution in [3.05, 3.63) is 18.0 Å². The maximum atomic E-state index is 11.7. The summed E-state index contributed by atoms with van der Waals surface area (Å²) in [4.78, 5) is 11.7. The van der Waals surface area contributed by atoms with E-state index in [1.165, 1.54) is 83.5 Å². The number of rotatable bonds is 16. The number of aromatic amines is 1. The highest BCUT2D eigenvalue weighted by atomic mass is 16.1. The quantitative estimate of drug-likeness (QED) is 0.385. The summed E-state index contributed by atoms with van der Waals surface area (Å²) in [5, 5.41) is 9.37. The fraction of sp³-hybridized carbons (Fsp3) is 0.800. The predicted molar refractivity (Wildman–Crippen MR) is 101 cm³/mol. The molecular weight excluding hydrogens is 298 g/mol. The Morgan fingerprint density at radius 3 is 1.83 bits per heavy atom. The van der Waals surface area contributed by atoms with E-state index in [0.29, 0.717) is 5.69 Å². The van der Waals surface area contributed by atoms with E-state index in [1.54, 1.807) is 12.3 Å². The minimum atomic E-state index is -0.0535. The lowest BCUT2D eigenvalue weighted by atomic mass is 10.0. The predicted octanol–water partition coefficient (Wildman–Crippen LogP) is 5.62. The molecule has 0 atom stereocenters. The Morgan fingerprint density at radius 1 is 0.875 bits per heavy atom. The van der Waals surface area contributed by atoms with Gasteiger partial charge in [0.1, 0.15) is 5.69 Å². The third-order valence-electron chi connectivity index (χ3n) is 4.56. The molecule has 0 spiro atoms. The number of nitrogens with one attached hydrogen (secondary N) is 2. The van der Waals surface area contributed by atoms with Crippen molar-refractivity contribution in [2.24, 2.45) is 0 Å². The molecule has 138 valence electrons. The van der Waals surface area contributed by atoms with Crippen molar-refractivity contribution in [2.45, 2.75) is 96.8 Å². The fourth-order valence-electron chi connectivity index (χ4n) is 3.00. The van der Waals surface area contributed by atoms with E-state index >= 15 is 0 Å². The summed E-state index contributed by atoms with van der Waals surface area (Å²) >= 11 is 0. The molecule has 0 unspecified atom stereocenters. The summed E-state index contributed by atoms with van der Waals surface area (Å²) in [6.45, 7) is 3.03. The van der Waals surface area contributed by atoms with Gasteiger partial charge >= 0.3 is 0 Å². The van der Waals surface area contributed by atoms with Crippen molar-refractivity contribution in [1.29, 1.82) is 0 Å². The molecular formula is C20H37N3O. The molecule has 1 aromatic rings. The van der Waals surface area contributed by atoms with Gasteiger partial charge in [0.15, 0.2) is 0 Å². The van der Waals surface area contributed by atoms with Crippen molar-refractivity contribution >= 4 is 5.91 Å². The first-order valence-electron chi connectivity index (χ1n) is 10.1. The van der Waals surface area contributed by atoms with Crippen LogP contribution in [0.25, 0.3) is 0 Å². The van der Waals surface area contributed by atoms with Crippen molar-refractivity contribution < 1.29 is 4.79 Å². The van der Waals surface area contributed by atoms with E-state index in [-0.39, 0.29) is 5.91 Å². The standard InChI is InChI=1S/C20H37N3O/c1-2-3-4-5-6-7-8-9-10-11-12-13-14-15-17-21-20(24)19-16-18-22-23-19/h16,18H,2-15,17H2,1H3,(H,21,24)(H,22,23). The first kappa shape index (κ1) is 20.7. The number of hydrogen-bond acceptors (Lipinski definition) is 2. The van der Waals surface area contributed by atoms with Crippen molar-refractivity contribution in [3.63, 3.8) is 0 Å². The second kappa shape index (κ2) is 15.2. The number of carbonyl (C=O) groups excluding carboxylic acids is 1. The lowest BCUT2D eigenvalue weighted by molar-refractivity contribution is 0.0948. The number of amides is 1. The molecule has 1 rings (SSSR count). The summed E-state index contributed by atoms with van der Waals surface area (Å²) in [7, 11) is 0. The summed E-state index contributed by atoms with van der Waals surface area (Å²) in [6.07, 6.45) is 20.6. The molecule has 4 heteroatoms. The van der Waals surface area contributed by atoms with E-state index in [1.807, 2.05) is 0 Å². The molecule has 0 saturated carbocycles. The van der Waals surface area contributed by atoms with Crippen LogP contribution in [-0.2, 0) is 0 Å². The fourth-order valence-corrected chi connectivity index (χ4v) is 3.00. The first-order chi connectivity index (χ1) is 11.8. The highest BCUT2D eigenvalue weighted by Gasteiger charge is 2.04. The van der Waals surface area contributed by atoms with Gasteiger partial charge in [0.05, 0.1) is 0 Å². The molecule has 0 radical (unpaired) electrons. The van der Waals surface area contributed by atoms with Crippen LogP contribution in [0, 0.1) is 0 Å². The van der Waals surface area contributed by atoms with Gasteiger partial charge in [-0.25, -0.2) is 0 Å². The average molecular weight is 336 g/mol. The Kier molecular flexibility index (Phi) is 13.1. The van der Waals surface area contributed by atoms with Crippen LogP contribution in [0.15, 0.2) is 12.3 Å². The summed E-state index contributed by atoms with van der Waals surface area (Å²) < 4.78 is 0. The van der Waals surface area contributed by atoms with E-state index in [0.717, 1.165) is 13.0 Å². The minimum Gasteiger partial charge on any atom is -0.351 e. The topological polar surface area (TPSA) is 57.8 Å². The molecule has 24 heavy (non-hydrogen) atoms. The zero-order valence-electron chi connectivity index (χ0n) is 15.6. The summed E-state index contributed by atoms with van der Waals surface area (Å²) in [5.41, 5.74) is 0.542. The number of unbranched alkanes of at least 4 members (excludes halogenated alkanes) is 13. The molecule has 0 aromatic carbocycles. The summed E-state index contributed by atoms with van der Waals surface area (Å²) in [6, 6.07) is 1.69. The van der Waals surface area contributed by atoms with Crippen LogP contribution in [0.5, 0.6) is 0 Å². The van der Waals surface area contributed by atoms with Crippen LogP contribution in [0.4, 0.5) is 0 Å². The van der Waals surface area contributed by atoms with Gasteiger partial charge in [0.25, 0.3) is 5.91 Å². The lowest BCUT2D eigenvalue weighted by Gasteiger charge is -2.04. The normalized spacial score (nSPS) is 10.9. The number of aromatic nitrogens is 2.